The van der Waals surface area contributed by atoms with Gasteiger partial charge in [0, 0.05) is 16.3 Å². The third-order valence-corrected chi connectivity index (χ3v) is 3.96. The quantitative estimate of drug-likeness (QED) is 0.634. The zero-order chi connectivity index (χ0) is 14.2. The maximum atomic E-state index is 12.3. The van der Waals surface area contributed by atoms with E-state index in [2.05, 4.69) is 15.9 Å². The molecule has 0 unspecified atom stereocenters. The van der Waals surface area contributed by atoms with Crippen molar-refractivity contribution in [2.75, 3.05) is 4.90 Å². The molecule has 1 aliphatic rings. The molecule has 2 rings (SSSR count). The molecule has 1 aliphatic heterocycles. The zero-order valence-corrected chi connectivity index (χ0v) is 12.3. The number of carbonyl (C=O) groups is 3. The minimum absolute atomic E-state index is 0.0840. The van der Waals surface area contributed by atoms with Crippen LogP contribution in [0.1, 0.15) is 20.3 Å². The summed E-state index contributed by atoms with van der Waals surface area (Å²) in [6.07, 6.45) is 0.828. The summed E-state index contributed by atoms with van der Waals surface area (Å²) in [5, 5.41) is 0. The zero-order valence-electron chi connectivity index (χ0n) is 10.7. The van der Waals surface area contributed by atoms with Gasteiger partial charge in [-0.3, -0.25) is 14.5 Å². The number of hydrogen-bond donors (Lipinski definition) is 0. The molecule has 1 aromatic rings. The Balaban J connectivity index is 2.34. The maximum absolute atomic E-state index is 12.3. The molecule has 19 heavy (non-hydrogen) atoms. The largest absolute Gasteiger partial charge is 0.303 e. The van der Waals surface area contributed by atoms with Crippen molar-refractivity contribution in [2.45, 2.75) is 20.3 Å². The lowest BCUT2D eigenvalue weighted by Crippen LogP contribution is -2.35. The highest BCUT2D eigenvalue weighted by Gasteiger charge is 2.47. The van der Waals surface area contributed by atoms with Crippen LogP contribution in [0.4, 0.5) is 5.69 Å². The molecule has 4 nitrogen and oxygen atoms in total. The van der Waals surface area contributed by atoms with E-state index in [9.17, 15) is 14.4 Å². The number of benzene rings is 1. The molecular weight excluding hydrogens is 310 g/mol. The highest BCUT2D eigenvalue weighted by molar-refractivity contribution is 9.10. The van der Waals surface area contributed by atoms with Crippen molar-refractivity contribution >= 4 is 39.7 Å². The van der Waals surface area contributed by atoms with E-state index in [0.717, 1.165) is 10.8 Å². The van der Waals surface area contributed by atoms with Crippen LogP contribution in [0.2, 0.25) is 0 Å². The van der Waals surface area contributed by atoms with Gasteiger partial charge in [0.2, 0.25) is 11.8 Å². The van der Waals surface area contributed by atoms with Crippen LogP contribution in [0.3, 0.4) is 0 Å². The summed E-state index contributed by atoms with van der Waals surface area (Å²) < 4.78 is 0.875. The van der Waals surface area contributed by atoms with Crippen LogP contribution in [0.5, 0.6) is 0 Å². The van der Waals surface area contributed by atoms with Gasteiger partial charge < -0.3 is 4.79 Å². The standard InChI is InChI=1S/C14H14BrNO3/c1-14(2,8-17)11-7-12(18)16(13(11)19)10-5-3-9(15)4-6-10/h3-6,8,11H,7H2,1-2H3/t11-/m0/s1. The SMILES string of the molecule is CC(C)(C=O)[C@H]1CC(=O)N(c2ccc(Br)cc2)C1=O. The first kappa shape index (κ1) is 13.9. The van der Waals surface area contributed by atoms with Gasteiger partial charge >= 0.3 is 0 Å². The Hall–Kier alpha value is -1.49. The molecule has 0 bridgehead atoms. The van der Waals surface area contributed by atoms with Crippen molar-refractivity contribution in [3.8, 4) is 0 Å². The number of anilines is 1. The third-order valence-electron chi connectivity index (χ3n) is 3.43. The number of amides is 2. The lowest BCUT2D eigenvalue weighted by molar-refractivity contribution is -0.129. The molecule has 1 aromatic carbocycles. The van der Waals surface area contributed by atoms with Gasteiger partial charge in [-0.2, -0.15) is 0 Å². The first-order valence-electron chi connectivity index (χ1n) is 5.95. The number of rotatable bonds is 3. The van der Waals surface area contributed by atoms with Crippen LogP contribution < -0.4 is 4.90 Å². The number of nitrogens with zero attached hydrogens (tertiary/aromatic N) is 1. The number of carbonyl (C=O) groups excluding carboxylic acids is 3. The predicted molar refractivity (Wildman–Crippen MR) is 74.6 cm³/mol. The van der Waals surface area contributed by atoms with Crippen LogP contribution in [0, 0.1) is 11.3 Å². The minimum atomic E-state index is -0.823. The highest BCUT2D eigenvalue weighted by Crippen LogP contribution is 2.36. The van der Waals surface area contributed by atoms with Crippen molar-refractivity contribution in [1.82, 2.24) is 0 Å². The van der Waals surface area contributed by atoms with Crippen LogP contribution >= 0.6 is 15.9 Å². The molecule has 1 atom stereocenters. The first-order chi connectivity index (χ1) is 8.86. The summed E-state index contributed by atoms with van der Waals surface area (Å²) in [5.41, 5.74) is -0.279. The first-order valence-corrected chi connectivity index (χ1v) is 6.75. The summed E-state index contributed by atoms with van der Waals surface area (Å²) in [5.74, 6) is -1.14. The molecule has 0 N–H and O–H groups in total. The molecule has 100 valence electrons. The minimum Gasteiger partial charge on any atom is -0.303 e. The topological polar surface area (TPSA) is 54.5 Å². The average molecular weight is 324 g/mol. The summed E-state index contributed by atoms with van der Waals surface area (Å²) in [4.78, 5) is 36.6. The average Bonchev–Trinajstić information content (AvgIpc) is 2.67. The van der Waals surface area contributed by atoms with Gasteiger partial charge in [-0.05, 0) is 24.3 Å². The molecule has 1 saturated heterocycles. The van der Waals surface area contributed by atoms with E-state index >= 15 is 0 Å². The van der Waals surface area contributed by atoms with Gasteiger partial charge in [0.15, 0.2) is 0 Å². The Morgan fingerprint density at radius 1 is 1.26 bits per heavy atom. The fraction of sp³-hybridized carbons (Fsp3) is 0.357. The fourth-order valence-corrected chi connectivity index (χ4v) is 2.42. The van der Waals surface area contributed by atoms with E-state index in [1.165, 1.54) is 4.90 Å². The smallest absolute Gasteiger partial charge is 0.238 e. The fourth-order valence-electron chi connectivity index (χ4n) is 2.16. The second-order valence-corrected chi connectivity index (χ2v) is 6.16. The highest BCUT2D eigenvalue weighted by atomic mass is 79.9. The van der Waals surface area contributed by atoms with E-state index in [-0.39, 0.29) is 18.2 Å². The monoisotopic (exact) mass is 323 g/mol. The van der Waals surface area contributed by atoms with Crippen LogP contribution in [-0.2, 0) is 14.4 Å². The van der Waals surface area contributed by atoms with Gasteiger partial charge in [0.25, 0.3) is 0 Å². The van der Waals surface area contributed by atoms with Gasteiger partial charge in [-0.25, -0.2) is 0 Å². The molecule has 1 heterocycles. The third kappa shape index (κ3) is 2.47. The van der Waals surface area contributed by atoms with E-state index in [1.54, 1.807) is 38.1 Å². The summed E-state index contributed by atoms with van der Waals surface area (Å²) in [6.45, 7) is 3.36. The van der Waals surface area contributed by atoms with Crippen LogP contribution in [0.15, 0.2) is 28.7 Å². The maximum Gasteiger partial charge on any atom is 0.238 e. The predicted octanol–water partition coefficient (Wildman–Crippen LogP) is 2.55. The van der Waals surface area contributed by atoms with E-state index in [1.807, 2.05) is 0 Å². The number of halogens is 1. The Morgan fingerprint density at radius 2 is 1.84 bits per heavy atom. The van der Waals surface area contributed by atoms with Crippen molar-refractivity contribution in [3.63, 3.8) is 0 Å². The van der Waals surface area contributed by atoms with Crippen LogP contribution in [0.25, 0.3) is 0 Å². The van der Waals surface area contributed by atoms with Gasteiger partial charge in [-0.15, -0.1) is 0 Å². The number of aldehydes is 1. The summed E-state index contributed by atoms with van der Waals surface area (Å²) in [6, 6.07) is 6.95. The lowest BCUT2D eigenvalue weighted by atomic mass is 9.79. The number of imide groups is 1. The molecular formula is C14H14BrNO3. The second kappa shape index (κ2) is 4.89. The molecule has 2 amide bonds. The molecule has 0 aliphatic carbocycles. The van der Waals surface area contributed by atoms with Crippen molar-refractivity contribution in [3.05, 3.63) is 28.7 Å². The Morgan fingerprint density at radius 3 is 2.37 bits per heavy atom. The Kier molecular flexibility index (Phi) is 3.58. The van der Waals surface area contributed by atoms with E-state index < -0.39 is 11.3 Å². The molecule has 0 spiro atoms. The molecule has 0 radical (unpaired) electrons. The van der Waals surface area contributed by atoms with Gasteiger partial charge in [-0.1, -0.05) is 29.8 Å². The van der Waals surface area contributed by atoms with E-state index in [0.29, 0.717) is 5.69 Å². The van der Waals surface area contributed by atoms with E-state index in [4.69, 9.17) is 0 Å². The van der Waals surface area contributed by atoms with Crippen LogP contribution in [-0.4, -0.2) is 18.1 Å². The molecule has 5 heteroatoms. The number of hydrogen-bond acceptors (Lipinski definition) is 3. The Labute approximate surface area is 119 Å². The molecule has 0 aromatic heterocycles. The van der Waals surface area contributed by atoms with Gasteiger partial charge in [0.05, 0.1) is 11.6 Å². The molecule has 0 saturated carbocycles. The van der Waals surface area contributed by atoms with Gasteiger partial charge in [0.1, 0.15) is 6.29 Å². The summed E-state index contributed by atoms with van der Waals surface area (Å²) in [7, 11) is 0. The summed E-state index contributed by atoms with van der Waals surface area (Å²) >= 11 is 3.30. The van der Waals surface area contributed by atoms with Crippen molar-refractivity contribution < 1.29 is 14.4 Å². The van der Waals surface area contributed by atoms with Crippen molar-refractivity contribution in [2.24, 2.45) is 11.3 Å². The lowest BCUT2D eigenvalue weighted by Gasteiger charge is -2.23. The van der Waals surface area contributed by atoms with Crippen molar-refractivity contribution in [1.29, 1.82) is 0 Å². The normalized spacial score (nSPS) is 19.9. The molecule has 1 fully saturated rings. The Bertz CT molecular complexity index is 536. The second-order valence-electron chi connectivity index (χ2n) is 5.24.